The predicted octanol–water partition coefficient (Wildman–Crippen LogP) is 1.53. The van der Waals surface area contributed by atoms with Crippen LogP contribution in [0.15, 0.2) is 6.20 Å². The number of aliphatic hydroxyl groups is 1. The fourth-order valence-electron chi connectivity index (χ4n) is 1.99. The van der Waals surface area contributed by atoms with Crippen LogP contribution in [0.3, 0.4) is 0 Å². The number of halogens is 1. The van der Waals surface area contributed by atoms with E-state index >= 15 is 0 Å². The third-order valence-electron chi connectivity index (χ3n) is 2.83. The molecule has 0 amide bonds. The van der Waals surface area contributed by atoms with Crippen molar-refractivity contribution < 1.29 is 9.84 Å². The van der Waals surface area contributed by atoms with Gasteiger partial charge in [-0.15, -0.1) is 0 Å². The topological polar surface area (TPSA) is 47.3 Å². The number of aliphatic hydroxyl groups excluding tert-OH is 1. The Kier molecular flexibility index (Phi) is 3.29. The molecule has 2 heterocycles. The van der Waals surface area contributed by atoms with Crippen molar-refractivity contribution in [3.8, 4) is 0 Å². The van der Waals surface area contributed by atoms with Crippen LogP contribution in [0.2, 0.25) is 5.02 Å². The summed E-state index contributed by atoms with van der Waals surface area (Å²) in [5, 5.41) is 14.6. The molecule has 1 N–H and O–H groups in total. The highest BCUT2D eigenvalue weighted by Gasteiger charge is 2.23. The van der Waals surface area contributed by atoms with Gasteiger partial charge in [0, 0.05) is 20.3 Å². The average molecular weight is 231 g/mol. The fourth-order valence-corrected chi connectivity index (χ4v) is 2.28. The average Bonchev–Trinajstić information content (AvgIpc) is 2.77. The SMILES string of the molecule is Cn1ncc(Cl)c1C(O)CC1CCOC1. The van der Waals surface area contributed by atoms with E-state index in [4.69, 9.17) is 16.3 Å². The second-order valence-corrected chi connectivity index (χ2v) is 4.39. The van der Waals surface area contributed by atoms with E-state index in [1.165, 1.54) is 0 Å². The van der Waals surface area contributed by atoms with Gasteiger partial charge in [0.15, 0.2) is 0 Å². The predicted molar refractivity (Wildman–Crippen MR) is 56.7 cm³/mol. The summed E-state index contributed by atoms with van der Waals surface area (Å²) in [6, 6.07) is 0. The van der Waals surface area contributed by atoms with Crippen LogP contribution < -0.4 is 0 Å². The Morgan fingerprint density at radius 2 is 2.60 bits per heavy atom. The summed E-state index contributed by atoms with van der Waals surface area (Å²) in [5.41, 5.74) is 0.698. The first-order chi connectivity index (χ1) is 7.18. The fraction of sp³-hybridized carbons (Fsp3) is 0.700. The first-order valence-electron chi connectivity index (χ1n) is 5.11. The van der Waals surface area contributed by atoms with Gasteiger partial charge in [-0.05, 0) is 18.8 Å². The van der Waals surface area contributed by atoms with Gasteiger partial charge in [-0.25, -0.2) is 0 Å². The van der Waals surface area contributed by atoms with Crippen molar-refractivity contribution in [3.05, 3.63) is 16.9 Å². The quantitative estimate of drug-likeness (QED) is 0.857. The van der Waals surface area contributed by atoms with E-state index in [0.717, 1.165) is 19.6 Å². The van der Waals surface area contributed by atoms with Crippen LogP contribution in [-0.4, -0.2) is 28.1 Å². The molecule has 0 aromatic carbocycles. The van der Waals surface area contributed by atoms with Gasteiger partial charge in [0.25, 0.3) is 0 Å². The van der Waals surface area contributed by atoms with Gasteiger partial charge in [0.05, 0.1) is 23.0 Å². The van der Waals surface area contributed by atoms with Crippen molar-refractivity contribution in [1.82, 2.24) is 9.78 Å². The van der Waals surface area contributed by atoms with Crippen LogP contribution in [0.25, 0.3) is 0 Å². The number of rotatable bonds is 3. The molecule has 1 aliphatic rings. The lowest BCUT2D eigenvalue weighted by atomic mass is 9.99. The van der Waals surface area contributed by atoms with Crippen molar-refractivity contribution in [2.75, 3.05) is 13.2 Å². The molecular weight excluding hydrogens is 216 g/mol. The van der Waals surface area contributed by atoms with Gasteiger partial charge < -0.3 is 9.84 Å². The lowest BCUT2D eigenvalue weighted by Gasteiger charge is -2.15. The third-order valence-corrected chi connectivity index (χ3v) is 3.13. The van der Waals surface area contributed by atoms with Crippen LogP contribution in [-0.2, 0) is 11.8 Å². The van der Waals surface area contributed by atoms with Crippen LogP contribution >= 0.6 is 11.6 Å². The monoisotopic (exact) mass is 230 g/mol. The molecular formula is C10H15ClN2O2. The Bertz CT molecular complexity index is 315. The highest BCUT2D eigenvalue weighted by Crippen LogP contribution is 2.29. The number of nitrogens with zero attached hydrogens (tertiary/aromatic N) is 2. The van der Waals surface area contributed by atoms with Gasteiger partial charge >= 0.3 is 0 Å². The molecule has 15 heavy (non-hydrogen) atoms. The van der Waals surface area contributed by atoms with Crippen molar-refractivity contribution in [2.45, 2.75) is 18.9 Å². The zero-order valence-corrected chi connectivity index (χ0v) is 9.44. The van der Waals surface area contributed by atoms with E-state index in [1.54, 1.807) is 17.9 Å². The second kappa shape index (κ2) is 4.51. The van der Waals surface area contributed by atoms with Crippen LogP contribution in [0.5, 0.6) is 0 Å². The second-order valence-electron chi connectivity index (χ2n) is 3.98. The molecule has 1 aromatic rings. The van der Waals surface area contributed by atoms with Gasteiger partial charge in [0.2, 0.25) is 0 Å². The first kappa shape index (κ1) is 10.9. The van der Waals surface area contributed by atoms with Crippen molar-refractivity contribution in [3.63, 3.8) is 0 Å². The molecule has 2 rings (SSSR count). The largest absolute Gasteiger partial charge is 0.387 e. The maximum atomic E-state index is 10.0. The van der Waals surface area contributed by atoms with Gasteiger partial charge in [-0.2, -0.15) is 5.10 Å². The molecule has 1 fully saturated rings. The van der Waals surface area contributed by atoms with Gasteiger partial charge in [0.1, 0.15) is 0 Å². The maximum absolute atomic E-state index is 10.0. The molecule has 0 radical (unpaired) electrons. The molecule has 84 valence electrons. The van der Waals surface area contributed by atoms with Gasteiger partial charge in [-0.1, -0.05) is 11.6 Å². The molecule has 0 bridgehead atoms. The highest BCUT2D eigenvalue weighted by atomic mass is 35.5. The Labute approximate surface area is 93.8 Å². The van der Waals surface area contributed by atoms with Crippen molar-refractivity contribution in [2.24, 2.45) is 13.0 Å². The summed E-state index contributed by atoms with van der Waals surface area (Å²) >= 11 is 5.95. The lowest BCUT2D eigenvalue weighted by molar-refractivity contribution is 0.123. The number of ether oxygens (including phenoxy) is 1. The molecule has 1 aromatic heterocycles. The maximum Gasteiger partial charge on any atom is 0.0975 e. The molecule has 2 unspecified atom stereocenters. The highest BCUT2D eigenvalue weighted by molar-refractivity contribution is 6.31. The number of hydrogen-bond acceptors (Lipinski definition) is 3. The summed E-state index contributed by atoms with van der Waals surface area (Å²) in [7, 11) is 1.79. The van der Waals surface area contributed by atoms with Gasteiger partial charge in [-0.3, -0.25) is 4.68 Å². The standard InChI is InChI=1S/C10H15ClN2O2/c1-13-10(8(11)5-12-13)9(14)4-7-2-3-15-6-7/h5,7,9,14H,2-4,6H2,1H3. The minimum absolute atomic E-state index is 0.436. The van der Waals surface area contributed by atoms with Crippen molar-refractivity contribution in [1.29, 1.82) is 0 Å². The number of aryl methyl sites for hydroxylation is 1. The van der Waals surface area contributed by atoms with Crippen LogP contribution in [0.1, 0.15) is 24.6 Å². The lowest BCUT2D eigenvalue weighted by Crippen LogP contribution is -2.11. The molecule has 0 spiro atoms. The smallest absolute Gasteiger partial charge is 0.0975 e. The Balaban J connectivity index is 2.03. The zero-order chi connectivity index (χ0) is 10.8. The molecule has 0 saturated carbocycles. The molecule has 5 heteroatoms. The summed E-state index contributed by atoms with van der Waals surface area (Å²) in [6.07, 6.45) is 2.73. The normalized spacial score (nSPS) is 23.3. The summed E-state index contributed by atoms with van der Waals surface area (Å²) < 4.78 is 6.90. The van der Waals surface area contributed by atoms with E-state index in [1.807, 2.05) is 0 Å². The van der Waals surface area contributed by atoms with E-state index in [9.17, 15) is 5.11 Å². The Morgan fingerprint density at radius 1 is 1.80 bits per heavy atom. The van der Waals surface area contributed by atoms with E-state index in [-0.39, 0.29) is 0 Å². The first-order valence-corrected chi connectivity index (χ1v) is 5.49. The van der Waals surface area contributed by atoms with Crippen LogP contribution in [0, 0.1) is 5.92 Å². The number of hydrogen-bond donors (Lipinski definition) is 1. The summed E-state index contributed by atoms with van der Waals surface area (Å²) in [5.74, 6) is 0.436. The Hall–Kier alpha value is -0.580. The molecule has 2 atom stereocenters. The van der Waals surface area contributed by atoms with Crippen molar-refractivity contribution >= 4 is 11.6 Å². The molecule has 4 nitrogen and oxygen atoms in total. The molecule has 1 saturated heterocycles. The van der Waals surface area contributed by atoms with Crippen LogP contribution in [0.4, 0.5) is 0 Å². The minimum atomic E-state index is -0.545. The summed E-state index contributed by atoms with van der Waals surface area (Å²) in [6.45, 7) is 1.54. The van der Waals surface area contributed by atoms with E-state index < -0.39 is 6.10 Å². The van der Waals surface area contributed by atoms with E-state index in [2.05, 4.69) is 5.10 Å². The molecule has 0 aliphatic carbocycles. The third kappa shape index (κ3) is 2.33. The zero-order valence-electron chi connectivity index (χ0n) is 8.69. The molecule has 1 aliphatic heterocycles. The Morgan fingerprint density at radius 3 is 3.13 bits per heavy atom. The minimum Gasteiger partial charge on any atom is -0.387 e. The number of aromatic nitrogens is 2. The summed E-state index contributed by atoms with van der Waals surface area (Å²) in [4.78, 5) is 0. The van der Waals surface area contributed by atoms with E-state index in [0.29, 0.717) is 23.1 Å².